The molecule has 0 bridgehead atoms. The summed E-state index contributed by atoms with van der Waals surface area (Å²) in [5, 5.41) is 7.86. The van der Waals surface area contributed by atoms with E-state index in [0.717, 1.165) is 71.5 Å². The quantitative estimate of drug-likeness (QED) is 0.203. The van der Waals surface area contributed by atoms with Crippen molar-refractivity contribution in [2.75, 3.05) is 38.3 Å². The lowest BCUT2D eigenvalue weighted by Gasteiger charge is -2.14. The maximum absolute atomic E-state index is 5.80. The number of hydrogen-bond acceptors (Lipinski definition) is 6. The molecule has 0 atom stereocenters. The lowest BCUT2D eigenvalue weighted by molar-refractivity contribution is 0.123. The number of aliphatic imine (C=N–C) groups is 1. The van der Waals surface area contributed by atoms with Gasteiger partial charge in [0.2, 0.25) is 0 Å². The number of rotatable bonds is 9. The van der Waals surface area contributed by atoms with E-state index in [-0.39, 0.29) is 24.0 Å². The fraction of sp³-hybridized carbons (Fsp3) is 0.545. The van der Waals surface area contributed by atoms with Crippen molar-refractivity contribution in [3.05, 3.63) is 34.3 Å². The molecule has 0 unspecified atom stereocenters. The van der Waals surface area contributed by atoms with Crippen LogP contribution in [0.2, 0.25) is 0 Å². The zero-order valence-electron chi connectivity index (χ0n) is 17.9. The first-order chi connectivity index (χ1) is 14.8. The Kier molecular flexibility index (Phi) is 9.66. The second kappa shape index (κ2) is 12.4. The Bertz CT molecular complexity index is 857. The number of halogens is 1. The first-order valence-corrected chi connectivity index (χ1v) is 11.5. The van der Waals surface area contributed by atoms with Crippen LogP contribution in [0.3, 0.4) is 0 Å². The number of thiazole rings is 1. The van der Waals surface area contributed by atoms with Gasteiger partial charge in [-0.2, -0.15) is 0 Å². The summed E-state index contributed by atoms with van der Waals surface area (Å²) >= 11 is 1.67. The molecule has 1 aliphatic heterocycles. The zero-order chi connectivity index (χ0) is 20.6. The largest absolute Gasteiger partial charge is 0.490 e. The molecule has 2 aliphatic rings. The highest BCUT2D eigenvalue weighted by atomic mass is 127. The van der Waals surface area contributed by atoms with E-state index in [0.29, 0.717) is 19.8 Å². The summed E-state index contributed by atoms with van der Waals surface area (Å²) in [4.78, 5) is 10.2. The van der Waals surface area contributed by atoms with Crippen LogP contribution in [-0.2, 0) is 11.3 Å². The van der Waals surface area contributed by atoms with Gasteiger partial charge in [-0.15, -0.1) is 35.3 Å². The minimum atomic E-state index is 0. The minimum Gasteiger partial charge on any atom is -0.490 e. The van der Waals surface area contributed by atoms with Crippen LogP contribution in [0.1, 0.15) is 35.6 Å². The van der Waals surface area contributed by atoms with Gasteiger partial charge in [0.05, 0.1) is 24.8 Å². The van der Waals surface area contributed by atoms with Gasteiger partial charge in [-0.3, -0.25) is 0 Å². The van der Waals surface area contributed by atoms with Crippen LogP contribution in [0, 0.1) is 12.8 Å². The van der Waals surface area contributed by atoms with Crippen LogP contribution in [0.25, 0.3) is 0 Å². The summed E-state index contributed by atoms with van der Waals surface area (Å²) in [6.07, 6.45) is 6.37. The van der Waals surface area contributed by atoms with Crippen molar-refractivity contribution in [2.24, 2.45) is 10.9 Å². The van der Waals surface area contributed by atoms with Gasteiger partial charge in [0, 0.05) is 49.0 Å². The van der Waals surface area contributed by atoms with Crippen LogP contribution < -0.4 is 20.1 Å². The van der Waals surface area contributed by atoms with Crippen LogP contribution in [-0.4, -0.2) is 43.9 Å². The summed E-state index contributed by atoms with van der Waals surface area (Å²) < 4.78 is 17.3. The third-order valence-corrected chi connectivity index (χ3v) is 5.78. The normalized spacial score (nSPS) is 15.7. The summed E-state index contributed by atoms with van der Waals surface area (Å²) in [7, 11) is 0. The van der Waals surface area contributed by atoms with E-state index in [2.05, 4.69) is 15.6 Å². The topological polar surface area (TPSA) is 77.0 Å². The van der Waals surface area contributed by atoms with Gasteiger partial charge in [0.15, 0.2) is 17.5 Å². The predicted molar refractivity (Wildman–Crippen MR) is 135 cm³/mol. The number of nitrogens with one attached hydrogen (secondary N) is 2. The number of benzene rings is 1. The van der Waals surface area contributed by atoms with Crippen molar-refractivity contribution in [1.82, 2.24) is 10.3 Å². The fourth-order valence-electron chi connectivity index (χ4n) is 3.07. The fourth-order valence-corrected chi connectivity index (χ4v) is 3.79. The van der Waals surface area contributed by atoms with Gasteiger partial charge in [0.25, 0.3) is 0 Å². The van der Waals surface area contributed by atoms with E-state index in [1.165, 1.54) is 12.8 Å². The average molecular weight is 558 g/mol. The van der Waals surface area contributed by atoms with E-state index in [9.17, 15) is 0 Å². The van der Waals surface area contributed by atoms with Gasteiger partial charge in [0.1, 0.15) is 0 Å². The molecule has 0 saturated heterocycles. The number of aryl methyl sites for hydroxylation is 1. The third-order valence-electron chi connectivity index (χ3n) is 4.88. The van der Waals surface area contributed by atoms with Crippen molar-refractivity contribution < 1.29 is 14.2 Å². The molecule has 0 spiro atoms. The average Bonchev–Trinajstić information content (AvgIpc) is 3.52. The molecule has 2 heterocycles. The van der Waals surface area contributed by atoms with E-state index in [1.54, 1.807) is 11.3 Å². The Labute approximate surface area is 205 Å². The molecule has 9 heteroatoms. The number of hydrogen-bond donors (Lipinski definition) is 2. The number of fused-ring (bicyclic) bond motifs is 1. The maximum Gasteiger partial charge on any atom is 0.196 e. The highest BCUT2D eigenvalue weighted by Crippen LogP contribution is 2.32. The molecule has 4 rings (SSSR count). The highest BCUT2D eigenvalue weighted by molar-refractivity contribution is 14.0. The Morgan fingerprint density at radius 2 is 2.10 bits per heavy atom. The van der Waals surface area contributed by atoms with Crippen molar-refractivity contribution in [1.29, 1.82) is 0 Å². The third kappa shape index (κ3) is 8.12. The number of anilines is 1. The maximum atomic E-state index is 5.80. The molecule has 170 valence electrons. The molecule has 31 heavy (non-hydrogen) atoms. The van der Waals surface area contributed by atoms with Crippen LogP contribution in [0.15, 0.2) is 29.4 Å². The summed E-state index contributed by atoms with van der Waals surface area (Å²) in [6.45, 7) is 6.42. The lowest BCUT2D eigenvalue weighted by atomic mass is 10.2. The summed E-state index contributed by atoms with van der Waals surface area (Å²) in [5.74, 6) is 3.10. The van der Waals surface area contributed by atoms with Gasteiger partial charge in [-0.25, -0.2) is 9.98 Å². The second-order valence-electron chi connectivity index (χ2n) is 7.65. The second-order valence-corrected chi connectivity index (χ2v) is 8.97. The molecule has 1 aliphatic carbocycles. The zero-order valence-corrected chi connectivity index (χ0v) is 21.0. The molecule has 7 nitrogen and oxygen atoms in total. The minimum absolute atomic E-state index is 0. The van der Waals surface area contributed by atoms with Crippen molar-refractivity contribution in [3.63, 3.8) is 0 Å². The van der Waals surface area contributed by atoms with Gasteiger partial charge in [-0.05, 0) is 44.2 Å². The monoisotopic (exact) mass is 558 g/mol. The van der Waals surface area contributed by atoms with Crippen LogP contribution in [0.4, 0.5) is 5.69 Å². The lowest BCUT2D eigenvalue weighted by Crippen LogP contribution is -2.32. The molecular weight excluding hydrogens is 527 g/mol. The first kappa shape index (κ1) is 24.1. The first-order valence-electron chi connectivity index (χ1n) is 10.7. The van der Waals surface area contributed by atoms with Crippen molar-refractivity contribution in [2.45, 2.75) is 39.2 Å². The summed E-state index contributed by atoms with van der Waals surface area (Å²) in [5.41, 5.74) is 0.913. The van der Waals surface area contributed by atoms with E-state index in [4.69, 9.17) is 19.2 Å². The number of guanidine groups is 1. The molecule has 1 fully saturated rings. The summed E-state index contributed by atoms with van der Waals surface area (Å²) in [6, 6.07) is 5.90. The SMILES string of the molecule is Cc1ncc(CN=C(NCCCOCC2CC2)Nc2ccc3c(c2)OCCCO3)s1.I. The Morgan fingerprint density at radius 3 is 2.87 bits per heavy atom. The van der Waals surface area contributed by atoms with Crippen molar-refractivity contribution >= 4 is 47.0 Å². The number of ether oxygens (including phenoxy) is 3. The molecule has 0 amide bonds. The standard InChI is InChI=1S/C22H30N4O3S.HI/c1-16-24-13-19(30-16)14-25-22(23-8-2-9-27-15-17-4-5-17)26-18-6-7-20-21(12-18)29-11-3-10-28-20;/h6-7,12-13,17H,2-5,8-11,14-15H2,1H3,(H2,23,25,26);1H. The predicted octanol–water partition coefficient (Wildman–Crippen LogP) is 4.61. The van der Waals surface area contributed by atoms with E-state index >= 15 is 0 Å². The van der Waals surface area contributed by atoms with Crippen LogP contribution >= 0.6 is 35.3 Å². The van der Waals surface area contributed by atoms with Gasteiger partial charge < -0.3 is 24.8 Å². The molecule has 1 aromatic heterocycles. The molecule has 1 saturated carbocycles. The number of nitrogens with zero attached hydrogens (tertiary/aromatic N) is 2. The molecule has 1 aromatic carbocycles. The Morgan fingerprint density at radius 1 is 1.26 bits per heavy atom. The highest BCUT2D eigenvalue weighted by Gasteiger charge is 2.20. The Balaban J connectivity index is 0.00000272. The Hall–Kier alpha value is -1.59. The molecule has 2 aromatic rings. The molecule has 2 N–H and O–H groups in total. The molecular formula is C22H31IN4O3S. The van der Waals surface area contributed by atoms with E-state index < -0.39 is 0 Å². The van der Waals surface area contributed by atoms with Crippen molar-refractivity contribution in [3.8, 4) is 11.5 Å². The van der Waals surface area contributed by atoms with Gasteiger partial charge in [-0.1, -0.05) is 0 Å². The van der Waals surface area contributed by atoms with Crippen LogP contribution in [0.5, 0.6) is 11.5 Å². The van der Waals surface area contributed by atoms with E-state index in [1.807, 2.05) is 31.3 Å². The molecule has 0 radical (unpaired) electrons. The van der Waals surface area contributed by atoms with Gasteiger partial charge >= 0.3 is 0 Å². The smallest absolute Gasteiger partial charge is 0.196 e. The number of aromatic nitrogens is 1.